The maximum absolute atomic E-state index is 14.8. The Morgan fingerprint density at radius 1 is 1.09 bits per heavy atom. The molecule has 0 radical (unpaired) electrons. The van der Waals surface area contributed by atoms with E-state index in [9.17, 15) is 36.0 Å². The molecule has 0 aromatic heterocycles. The summed E-state index contributed by atoms with van der Waals surface area (Å²) in [5.74, 6) is -3.04. The highest BCUT2D eigenvalue weighted by Crippen LogP contribution is 2.55. The number of rotatable bonds is 2. The molecule has 2 aromatic carbocycles. The molecule has 3 aliphatic rings. The first-order chi connectivity index (χ1) is 16.0. The predicted octanol–water partition coefficient (Wildman–Crippen LogP) is 4.18. The summed E-state index contributed by atoms with van der Waals surface area (Å²) in [4.78, 5) is 13.5. The van der Waals surface area contributed by atoms with Crippen LogP contribution in [-0.2, 0) is 26.7 Å². The van der Waals surface area contributed by atoms with Gasteiger partial charge in [0.1, 0.15) is 0 Å². The second kappa shape index (κ2) is 7.38. The van der Waals surface area contributed by atoms with Gasteiger partial charge < -0.3 is 8.92 Å². The fourth-order valence-corrected chi connectivity index (χ4v) is 5.58. The van der Waals surface area contributed by atoms with Crippen molar-refractivity contribution in [3.63, 3.8) is 0 Å². The van der Waals surface area contributed by atoms with Crippen LogP contribution >= 0.6 is 0 Å². The van der Waals surface area contributed by atoms with Crippen LogP contribution < -0.4 is 4.18 Å². The number of halogens is 4. The number of ether oxygens (including phenoxy) is 1. The first-order valence-electron chi connectivity index (χ1n) is 10.2. The maximum Gasteiger partial charge on any atom is 0.534 e. The van der Waals surface area contributed by atoms with Gasteiger partial charge in [0.2, 0.25) is 0 Å². The average Bonchev–Trinajstić information content (AvgIpc) is 3.18. The lowest BCUT2D eigenvalue weighted by atomic mass is 9.62. The molecule has 1 heterocycles. The Labute approximate surface area is 191 Å². The van der Waals surface area contributed by atoms with Gasteiger partial charge in [-0.15, -0.1) is 0 Å². The van der Waals surface area contributed by atoms with Gasteiger partial charge >= 0.3 is 15.6 Å². The monoisotopic (exact) mass is 493 g/mol. The molecule has 0 N–H and O–H groups in total. The highest BCUT2D eigenvalue weighted by Gasteiger charge is 2.51. The predicted molar refractivity (Wildman–Crippen MR) is 110 cm³/mol. The lowest BCUT2D eigenvalue weighted by Gasteiger charge is -2.43. The van der Waals surface area contributed by atoms with Crippen molar-refractivity contribution < 1.29 is 39.7 Å². The molecular formula is C23H15F4NO5S. The van der Waals surface area contributed by atoms with Crippen molar-refractivity contribution >= 4 is 21.5 Å². The van der Waals surface area contributed by atoms with E-state index in [-0.39, 0.29) is 24.3 Å². The van der Waals surface area contributed by atoms with E-state index < -0.39 is 38.4 Å². The first kappa shape index (κ1) is 22.6. The van der Waals surface area contributed by atoms with Gasteiger partial charge in [0.05, 0.1) is 11.6 Å². The molecular weight excluding hydrogens is 478 g/mol. The minimum Gasteiger partial charge on any atom is -0.381 e. The lowest BCUT2D eigenvalue weighted by molar-refractivity contribution is -0.0501. The van der Waals surface area contributed by atoms with Crippen molar-refractivity contribution in [2.45, 2.75) is 30.2 Å². The normalized spacial score (nSPS) is 18.9. The lowest BCUT2D eigenvalue weighted by Crippen LogP contribution is -2.40. The summed E-state index contributed by atoms with van der Waals surface area (Å²) in [6, 6.07) is 8.59. The number of carbonyl (C=O) groups is 1. The quantitative estimate of drug-likeness (QED) is 0.354. The van der Waals surface area contributed by atoms with Crippen LogP contribution in [0.5, 0.6) is 5.75 Å². The molecule has 1 aliphatic heterocycles. The molecule has 176 valence electrons. The number of Topliss-reactive ketones (excluding diaryl/α,β-unsaturated/α-hetero) is 1. The Kier molecular flexibility index (Phi) is 4.90. The Morgan fingerprint density at radius 2 is 1.79 bits per heavy atom. The van der Waals surface area contributed by atoms with Crippen molar-refractivity contribution in [2.75, 3.05) is 13.2 Å². The van der Waals surface area contributed by atoms with Gasteiger partial charge in [0, 0.05) is 29.8 Å². The largest absolute Gasteiger partial charge is 0.534 e. The Morgan fingerprint density at radius 3 is 2.44 bits per heavy atom. The van der Waals surface area contributed by atoms with Crippen LogP contribution in [0, 0.1) is 17.1 Å². The molecule has 1 spiro atoms. The minimum atomic E-state index is -6.12. The second-order valence-corrected chi connectivity index (χ2v) is 9.89. The van der Waals surface area contributed by atoms with Gasteiger partial charge in [-0.05, 0) is 65.8 Å². The third-order valence-corrected chi connectivity index (χ3v) is 7.60. The molecule has 11 heteroatoms. The summed E-state index contributed by atoms with van der Waals surface area (Å²) >= 11 is 0. The molecule has 0 saturated carbocycles. The Bertz CT molecular complexity index is 1430. The number of ketones is 1. The summed E-state index contributed by atoms with van der Waals surface area (Å²) in [6.45, 7) is 0.553. The van der Waals surface area contributed by atoms with Gasteiger partial charge in [-0.1, -0.05) is 6.07 Å². The van der Waals surface area contributed by atoms with Crippen LogP contribution in [0.1, 0.15) is 45.5 Å². The molecule has 34 heavy (non-hydrogen) atoms. The molecule has 1 saturated heterocycles. The van der Waals surface area contributed by atoms with Crippen LogP contribution in [0.25, 0.3) is 5.57 Å². The average molecular weight is 493 g/mol. The highest BCUT2D eigenvalue weighted by molar-refractivity contribution is 7.88. The van der Waals surface area contributed by atoms with Gasteiger partial charge in [0.15, 0.2) is 17.3 Å². The van der Waals surface area contributed by atoms with Gasteiger partial charge in [0.25, 0.3) is 0 Å². The van der Waals surface area contributed by atoms with Crippen molar-refractivity contribution in [3.05, 3.63) is 69.5 Å². The van der Waals surface area contributed by atoms with Gasteiger partial charge in [-0.2, -0.15) is 26.9 Å². The number of nitriles is 1. The molecule has 6 nitrogen and oxygen atoms in total. The van der Waals surface area contributed by atoms with Crippen molar-refractivity contribution in [1.82, 2.24) is 0 Å². The van der Waals surface area contributed by atoms with Gasteiger partial charge in [-0.25, -0.2) is 4.39 Å². The standard InChI is InChI=1S/C23H15F4NO5S/c24-18-9-15-16(10-19(18)33-34(30,31)23(25,26)27)22(3-5-32-6-4-22)17-8-13-7-12(11-28)1-2-14(13)20(17)21(15)29/h1-2,7,9-10H,3-6,8H2. The molecule has 5 rings (SSSR count). The Hall–Kier alpha value is -3.23. The number of benzene rings is 2. The van der Waals surface area contributed by atoms with E-state index in [1.54, 1.807) is 18.2 Å². The number of nitrogens with zero attached hydrogens (tertiary/aromatic N) is 1. The molecule has 0 unspecified atom stereocenters. The third kappa shape index (κ3) is 3.16. The van der Waals surface area contributed by atoms with E-state index in [2.05, 4.69) is 4.18 Å². The van der Waals surface area contributed by atoms with E-state index in [0.29, 0.717) is 41.5 Å². The molecule has 2 aromatic rings. The van der Waals surface area contributed by atoms with E-state index in [4.69, 9.17) is 4.74 Å². The number of allylic oxidation sites excluding steroid dienone is 2. The molecule has 0 atom stereocenters. The van der Waals surface area contributed by atoms with Crippen LogP contribution in [0.4, 0.5) is 17.6 Å². The fraction of sp³-hybridized carbons (Fsp3) is 0.304. The van der Waals surface area contributed by atoms with E-state index in [1.165, 1.54) is 0 Å². The smallest absolute Gasteiger partial charge is 0.381 e. The molecule has 2 aliphatic carbocycles. The first-order valence-corrected chi connectivity index (χ1v) is 11.6. The zero-order valence-electron chi connectivity index (χ0n) is 17.3. The van der Waals surface area contributed by atoms with Crippen molar-refractivity contribution in [3.8, 4) is 11.8 Å². The number of carbonyl (C=O) groups excluding carboxylic acids is 1. The number of fused-ring (bicyclic) bond motifs is 5. The zero-order chi connectivity index (χ0) is 24.5. The van der Waals surface area contributed by atoms with Crippen LogP contribution in [-0.4, -0.2) is 32.9 Å². The van der Waals surface area contributed by atoms with Crippen LogP contribution in [0.2, 0.25) is 0 Å². The summed E-state index contributed by atoms with van der Waals surface area (Å²) in [6.07, 6.45) is 1.02. The van der Waals surface area contributed by atoms with Gasteiger partial charge in [-0.3, -0.25) is 4.79 Å². The maximum atomic E-state index is 14.8. The fourth-order valence-electron chi connectivity index (χ4n) is 5.12. The molecule has 1 fully saturated rings. The van der Waals surface area contributed by atoms with E-state index >= 15 is 0 Å². The SMILES string of the molecule is N#Cc1ccc2c(c1)CC1=C2C(=O)c2cc(F)c(OS(=O)(=O)C(F)(F)F)cc2C12CCOCC2. The molecule has 0 amide bonds. The number of hydrogen-bond acceptors (Lipinski definition) is 6. The second-order valence-electron chi connectivity index (χ2n) is 8.35. The third-order valence-electron chi connectivity index (χ3n) is 6.64. The summed E-state index contributed by atoms with van der Waals surface area (Å²) in [5.41, 5.74) is -3.64. The van der Waals surface area contributed by atoms with Crippen molar-refractivity contribution in [2.24, 2.45) is 0 Å². The van der Waals surface area contributed by atoms with E-state index in [0.717, 1.165) is 17.7 Å². The van der Waals surface area contributed by atoms with Crippen LogP contribution in [0.3, 0.4) is 0 Å². The topological polar surface area (TPSA) is 93.5 Å². The van der Waals surface area contributed by atoms with Crippen molar-refractivity contribution in [1.29, 1.82) is 5.26 Å². The summed E-state index contributed by atoms with van der Waals surface area (Å²) < 4.78 is 86.0. The summed E-state index contributed by atoms with van der Waals surface area (Å²) in [5, 5.41) is 9.24. The minimum absolute atomic E-state index is 0.0629. The number of hydrogen-bond donors (Lipinski definition) is 0. The van der Waals surface area contributed by atoms with E-state index in [1.807, 2.05) is 6.07 Å². The van der Waals surface area contributed by atoms with Crippen LogP contribution in [0.15, 0.2) is 35.9 Å². The zero-order valence-corrected chi connectivity index (χ0v) is 18.1. The number of alkyl halides is 3. The summed E-state index contributed by atoms with van der Waals surface area (Å²) in [7, 11) is -6.12. The Balaban J connectivity index is 1.70. The highest BCUT2D eigenvalue weighted by atomic mass is 32.2. The molecule has 0 bridgehead atoms.